The number of halogens is 1. The summed E-state index contributed by atoms with van der Waals surface area (Å²) in [4.78, 5) is 0. The Hall–Kier alpha value is -1.85. The molecule has 1 aromatic carbocycles. The first-order valence-electron chi connectivity index (χ1n) is 7.31. The molecule has 0 bridgehead atoms. The van der Waals surface area contributed by atoms with Crippen LogP contribution in [0.1, 0.15) is 24.0 Å². The lowest BCUT2D eigenvalue weighted by Crippen LogP contribution is -2.26. The van der Waals surface area contributed by atoms with Crippen LogP contribution in [0.5, 0.6) is 5.75 Å². The fourth-order valence-corrected chi connectivity index (χ4v) is 3.20. The van der Waals surface area contributed by atoms with Crippen LogP contribution in [0.4, 0.5) is 5.82 Å². The van der Waals surface area contributed by atoms with E-state index in [9.17, 15) is 5.11 Å². The molecule has 6 heteroatoms. The van der Waals surface area contributed by atoms with Gasteiger partial charge in [-0.15, -0.1) is 10.2 Å². The highest BCUT2D eigenvalue weighted by Gasteiger charge is 2.48. The Kier molecular flexibility index (Phi) is 3.03. The number of phenolic OH excluding ortho intramolecular Hbond substituents is 1. The summed E-state index contributed by atoms with van der Waals surface area (Å²) in [5.74, 6) is 0.861. The van der Waals surface area contributed by atoms with Gasteiger partial charge < -0.3 is 15.2 Å². The topological polar surface area (TPSA) is 67.3 Å². The van der Waals surface area contributed by atoms with Gasteiger partial charge in [-0.2, -0.15) is 0 Å². The molecule has 5 nitrogen and oxygen atoms in total. The van der Waals surface area contributed by atoms with Gasteiger partial charge in [-0.3, -0.25) is 0 Å². The molecule has 2 heterocycles. The fourth-order valence-electron chi connectivity index (χ4n) is 3.03. The van der Waals surface area contributed by atoms with Crippen molar-refractivity contribution in [2.24, 2.45) is 0 Å². The van der Waals surface area contributed by atoms with Crippen molar-refractivity contribution in [3.8, 4) is 17.0 Å². The van der Waals surface area contributed by atoms with Gasteiger partial charge in [0.2, 0.25) is 0 Å². The molecule has 0 amide bonds. The molecule has 22 heavy (non-hydrogen) atoms. The molecule has 4 rings (SSSR count). The zero-order valence-corrected chi connectivity index (χ0v) is 12.9. The van der Waals surface area contributed by atoms with Gasteiger partial charge in [-0.1, -0.05) is 11.6 Å². The van der Waals surface area contributed by atoms with Crippen molar-refractivity contribution in [2.45, 2.75) is 31.5 Å². The standard InChI is InChI=1S/C16H16ClN3O2/c1-18-15-12-8-22-16(4-5-16)7-11(12)14(19-20-15)10-3-2-9(17)6-13(10)21/h2-3,6,21H,4-5,7-8H2,1H3,(H,18,20). The average Bonchev–Trinajstić information content (AvgIpc) is 3.25. The van der Waals surface area contributed by atoms with Gasteiger partial charge in [0, 0.05) is 29.6 Å². The van der Waals surface area contributed by atoms with Gasteiger partial charge >= 0.3 is 0 Å². The maximum Gasteiger partial charge on any atom is 0.154 e. The van der Waals surface area contributed by atoms with E-state index in [1.807, 2.05) is 7.05 Å². The quantitative estimate of drug-likeness (QED) is 0.890. The molecular weight excluding hydrogens is 302 g/mol. The number of fused-ring (bicyclic) bond motifs is 1. The summed E-state index contributed by atoms with van der Waals surface area (Å²) in [6, 6.07) is 5.07. The predicted octanol–water partition coefficient (Wildman–Crippen LogP) is 3.15. The van der Waals surface area contributed by atoms with Gasteiger partial charge in [0.25, 0.3) is 0 Å². The van der Waals surface area contributed by atoms with Gasteiger partial charge in [0.05, 0.1) is 12.2 Å². The molecule has 1 aliphatic heterocycles. The van der Waals surface area contributed by atoms with E-state index in [4.69, 9.17) is 16.3 Å². The molecule has 2 N–H and O–H groups in total. The van der Waals surface area contributed by atoms with Crippen LogP contribution in [0.3, 0.4) is 0 Å². The van der Waals surface area contributed by atoms with Crippen LogP contribution in [0.25, 0.3) is 11.3 Å². The van der Waals surface area contributed by atoms with E-state index in [0.717, 1.165) is 41.9 Å². The summed E-state index contributed by atoms with van der Waals surface area (Å²) in [7, 11) is 1.82. The molecule has 0 radical (unpaired) electrons. The minimum Gasteiger partial charge on any atom is -0.507 e. The maximum atomic E-state index is 10.2. The molecule has 2 aromatic rings. The van der Waals surface area contributed by atoms with E-state index in [-0.39, 0.29) is 11.4 Å². The first-order valence-corrected chi connectivity index (χ1v) is 7.69. The molecule has 0 saturated heterocycles. The largest absolute Gasteiger partial charge is 0.507 e. The first kappa shape index (κ1) is 13.8. The number of anilines is 1. The Morgan fingerprint density at radius 1 is 1.27 bits per heavy atom. The minimum atomic E-state index is -0.0299. The van der Waals surface area contributed by atoms with E-state index in [2.05, 4.69) is 15.5 Å². The summed E-state index contributed by atoms with van der Waals surface area (Å²) < 4.78 is 5.99. The van der Waals surface area contributed by atoms with Crippen LogP contribution >= 0.6 is 11.6 Å². The number of nitrogens with one attached hydrogen (secondary N) is 1. The Balaban J connectivity index is 1.89. The highest BCUT2D eigenvalue weighted by molar-refractivity contribution is 6.30. The molecule has 2 aliphatic rings. The van der Waals surface area contributed by atoms with Crippen molar-refractivity contribution in [3.63, 3.8) is 0 Å². The van der Waals surface area contributed by atoms with Gasteiger partial charge in [0.15, 0.2) is 5.82 Å². The van der Waals surface area contributed by atoms with Crippen LogP contribution in [0.2, 0.25) is 5.02 Å². The zero-order valence-electron chi connectivity index (χ0n) is 12.2. The smallest absolute Gasteiger partial charge is 0.154 e. The summed E-state index contributed by atoms with van der Waals surface area (Å²) in [5, 5.41) is 22.4. The van der Waals surface area contributed by atoms with E-state index < -0.39 is 0 Å². The van der Waals surface area contributed by atoms with Gasteiger partial charge in [0.1, 0.15) is 11.4 Å². The third kappa shape index (κ3) is 2.12. The first-order chi connectivity index (χ1) is 10.6. The normalized spacial score (nSPS) is 18.1. The molecule has 1 saturated carbocycles. The van der Waals surface area contributed by atoms with E-state index in [1.165, 1.54) is 6.07 Å². The number of rotatable bonds is 2. The monoisotopic (exact) mass is 317 g/mol. The number of benzene rings is 1. The molecule has 114 valence electrons. The predicted molar refractivity (Wildman–Crippen MR) is 84.1 cm³/mol. The van der Waals surface area contributed by atoms with Gasteiger partial charge in [-0.25, -0.2) is 0 Å². The second-order valence-corrected chi connectivity index (χ2v) is 6.35. The molecule has 1 spiro atoms. The number of aromatic hydroxyl groups is 1. The summed E-state index contributed by atoms with van der Waals surface area (Å²) >= 11 is 5.92. The van der Waals surface area contributed by atoms with Crippen molar-refractivity contribution in [1.82, 2.24) is 10.2 Å². The minimum absolute atomic E-state index is 0.0299. The van der Waals surface area contributed by atoms with Crippen molar-refractivity contribution >= 4 is 17.4 Å². The number of hydrogen-bond donors (Lipinski definition) is 2. The Labute approximate surface area is 133 Å². The summed E-state index contributed by atoms with van der Waals surface area (Å²) in [6.07, 6.45) is 2.97. The van der Waals surface area contributed by atoms with Crippen molar-refractivity contribution in [2.75, 3.05) is 12.4 Å². The molecule has 0 unspecified atom stereocenters. The van der Waals surface area contributed by atoms with Crippen molar-refractivity contribution < 1.29 is 9.84 Å². The Morgan fingerprint density at radius 2 is 2.09 bits per heavy atom. The summed E-state index contributed by atoms with van der Waals surface area (Å²) in [6.45, 7) is 0.530. The number of hydrogen-bond acceptors (Lipinski definition) is 5. The third-order valence-electron chi connectivity index (χ3n) is 4.47. The lowest BCUT2D eigenvalue weighted by atomic mass is 9.93. The SMILES string of the molecule is CNc1nnc(-c2ccc(Cl)cc2O)c2c1COC1(CC1)C2. The average molecular weight is 318 g/mol. The Bertz CT molecular complexity index is 759. The zero-order chi connectivity index (χ0) is 15.3. The maximum absolute atomic E-state index is 10.2. The lowest BCUT2D eigenvalue weighted by Gasteiger charge is -2.27. The molecule has 1 aromatic heterocycles. The van der Waals surface area contributed by atoms with Crippen molar-refractivity contribution in [1.29, 1.82) is 0 Å². The highest BCUT2D eigenvalue weighted by Crippen LogP contribution is 2.49. The number of aromatic nitrogens is 2. The Morgan fingerprint density at radius 3 is 2.77 bits per heavy atom. The molecule has 0 atom stereocenters. The van der Waals surface area contributed by atoms with E-state index in [1.54, 1.807) is 12.1 Å². The molecule has 1 fully saturated rings. The van der Waals surface area contributed by atoms with Crippen LogP contribution in [0, 0.1) is 0 Å². The number of nitrogens with zero attached hydrogens (tertiary/aromatic N) is 2. The highest BCUT2D eigenvalue weighted by atomic mass is 35.5. The van der Waals surface area contributed by atoms with Crippen LogP contribution in [-0.2, 0) is 17.8 Å². The lowest BCUT2D eigenvalue weighted by molar-refractivity contribution is 0.00835. The molecule has 1 aliphatic carbocycles. The fraction of sp³-hybridized carbons (Fsp3) is 0.375. The van der Waals surface area contributed by atoms with Crippen LogP contribution in [0.15, 0.2) is 18.2 Å². The van der Waals surface area contributed by atoms with E-state index in [0.29, 0.717) is 17.2 Å². The van der Waals surface area contributed by atoms with Gasteiger partial charge in [-0.05, 0) is 36.6 Å². The number of ether oxygens (including phenoxy) is 1. The third-order valence-corrected chi connectivity index (χ3v) is 4.70. The second-order valence-electron chi connectivity index (χ2n) is 5.91. The summed E-state index contributed by atoms with van der Waals surface area (Å²) in [5.41, 5.74) is 3.49. The van der Waals surface area contributed by atoms with Crippen molar-refractivity contribution in [3.05, 3.63) is 34.3 Å². The second kappa shape index (κ2) is 4.83. The van der Waals surface area contributed by atoms with E-state index >= 15 is 0 Å². The van der Waals surface area contributed by atoms with Crippen LogP contribution < -0.4 is 5.32 Å². The molecular formula is C16H16ClN3O2. The van der Waals surface area contributed by atoms with Crippen LogP contribution in [-0.4, -0.2) is 28.0 Å². The number of phenols is 1.